The number of H-pyrrole nitrogens is 1. The van der Waals surface area contributed by atoms with E-state index in [2.05, 4.69) is 30.9 Å². The second-order valence-electron chi connectivity index (χ2n) is 15.5. The van der Waals surface area contributed by atoms with E-state index in [1.807, 2.05) is 76.2 Å². The van der Waals surface area contributed by atoms with Gasteiger partial charge in [-0.05, 0) is 66.7 Å². The molecule has 15 heteroatoms. The van der Waals surface area contributed by atoms with Gasteiger partial charge in [-0.2, -0.15) is 4.99 Å². The van der Waals surface area contributed by atoms with Gasteiger partial charge in [0.2, 0.25) is 11.8 Å². The van der Waals surface area contributed by atoms with E-state index in [4.69, 9.17) is 9.47 Å². The van der Waals surface area contributed by atoms with Gasteiger partial charge < -0.3 is 40.2 Å². The van der Waals surface area contributed by atoms with Crippen LogP contribution in [0.3, 0.4) is 0 Å². The molecule has 0 aliphatic carbocycles. The van der Waals surface area contributed by atoms with Crippen LogP contribution in [0, 0.1) is 11.8 Å². The fraction of sp³-hybridized carbons (Fsp3) is 0.488. The molecule has 4 heterocycles. The zero-order valence-corrected chi connectivity index (χ0v) is 33.0. The number of imidazole rings is 1. The molecule has 3 aromatic rings. The number of amides is 5. The first-order chi connectivity index (χ1) is 26.7. The molecule has 5 unspecified atom stereocenters. The maximum Gasteiger partial charge on any atom is 0.407 e. The second-order valence-corrected chi connectivity index (χ2v) is 15.5. The Morgan fingerprint density at radius 2 is 1.25 bits per heavy atom. The molecule has 2 saturated heterocycles. The van der Waals surface area contributed by atoms with Crippen molar-refractivity contribution in [3.05, 3.63) is 66.1 Å². The first kappa shape index (κ1) is 39.9. The molecule has 0 bridgehead atoms. The Balaban J connectivity index is 1.11. The summed E-state index contributed by atoms with van der Waals surface area (Å²) in [5, 5.41) is 8.70. The van der Waals surface area contributed by atoms with Crippen molar-refractivity contribution in [2.24, 2.45) is 16.8 Å². The third-order valence-electron chi connectivity index (χ3n) is 11.1. The number of carbonyl (C=O) groups is 5. The highest BCUT2D eigenvalue weighted by molar-refractivity contribution is 6.09. The highest BCUT2D eigenvalue weighted by atomic mass is 16.5. The van der Waals surface area contributed by atoms with Crippen LogP contribution in [0.1, 0.15) is 77.7 Å². The first-order valence-electron chi connectivity index (χ1n) is 19.2. The van der Waals surface area contributed by atoms with E-state index in [1.54, 1.807) is 22.9 Å². The second kappa shape index (κ2) is 16.6. The number of hydrogen-bond acceptors (Lipinski definition) is 9. The van der Waals surface area contributed by atoms with Crippen molar-refractivity contribution in [3.8, 4) is 22.4 Å². The molecule has 5 atom stereocenters. The zero-order chi connectivity index (χ0) is 40.3. The Hall–Kier alpha value is -5.73. The summed E-state index contributed by atoms with van der Waals surface area (Å²) in [5.41, 5.74) is 3.35. The third-order valence-corrected chi connectivity index (χ3v) is 11.1. The molecule has 3 aliphatic heterocycles. The van der Waals surface area contributed by atoms with Crippen LogP contribution >= 0.6 is 0 Å². The number of nitrogens with one attached hydrogen (secondary N) is 4. The fourth-order valence-electron chi connectivity index (χ4n) is 7.79. The topological polar surface area (TPSA) is 187 Å². The summed E-state index contributed by atoms with van der Waals surface area (Å²) in [7, 11) is 2.54. The fourth-order valence-corrected chi connectivity index (χ4v) is 7.79. The van der Waals surface area contributed by atoms with Crippen LogP contribution in [0.4, 0.5) is 9.59 Å². The predicted octanol–water partition coefficient (Wildman–Crippen LogP) is 4.90. The Morgan fingerprint density at radius 1 is 0.768 bits per heavy atom. The van der Waals surface area contributed by atoms with Gasteiger partial charge in [-0.25, -0.2) is 14.6 Å². The van der Waals surface area contributed by atoms with E-state index >= 15 is 0 Å². The number of methoxy groups -OCH3 is 2. The number of amidine groups is 1. The SMILES string of the molecule is COC(=O)NC(C(=O)N1CCCC1C1=NC(=O)C(C)(c2ccc(-c3ccc(-c4cnc(C5CCCN5C(=O)C(NC(=O)OC)C(C)C)[nH]4)cc3)cc2)N1)C(C)C. The zero-order valence-electron chi connectivity index (χ0n) is 33.0. The van der Waals surface area contributed by atoms with E-state index < -0.39 is 35.9 Å². The molecule has 6 rings (SSSR count). The predicted molar refractivity (Wildman–Crippen MR) is 209 cm³/mol. The smallest absolute Gasteiger partial charge is 0.407 e. The van der Waals surface area contributed by atoms with Crippen molar-refractivity contribution in [1.82, 2.24) is 35.7 Å². The molecule has 0 radical (unpaired) electrons. The number of likely N-dealkylation sites (tertiary alicyclic amines) is 2. The van der Waals surface area contributed by atoms with Gasteiger partial charge in [0.15, 0.2) is 0 Å². The lowest BCUT2D eigenvalue weighted by molar-refractivity contribution is -0.135. The molecule has 0 saturated carbocycles. The number of aliphatic imine (C=N–C) groups is 1. The number of benzene rings is 2. The average molecular weight is 769 g/mol. The minimum atomic E-state index is -1.11. The molecule has 298 valence electrons. The van der Waals surface area contributed by atoms with Gasteiger partial charge in [0.05, 0.1) is 38.2 Å². The monoisotopic (exact) mass is 768 g/mol. The third kappa shape index (κ3) is 7.98. The van der Waals surface area contributed by atoms with Crippen molar-refractivity contribution in [2.75, 3.05) is 27.3 Å². The Morgan fingerprint density at radius 3 is 1.77 bits per heavy atom. The minimum Gasteiger partial charge on any atom is -0.453 e. The van der Waals surface area contributed by atoms with Crippen molar-refractivity contribution < 1.29 is 33.4 Å². The van der Waals surface area contributed by atoms with Gasteiger partial charge in [0, 0.05) is 13.1 Å². The molecule has 15 nitrogen and oxygen atoms in total. The van der Waals surface area contributed by atoms with Crippen LogP contribution in [0.25, 0.3) is 22.4 Å². The standard InChI is InChI=1S/C41H52N8O7/c1-23(2)32(44-39(53)55-6)36(50)48-20-8-10-30(48)34-42-22-29(43-34)27-14-12-25(13-15-27)26-16-18-28(19-17-26)41(5)38(52)46-35(47-41)31-11-9-21-49(31)37(51)33(24(3)4)45-40(54)56-7/h12-19,22-24,30-33H,8-11,20-21H2,1-7H3,(H,42,43)(H,44,53)(H,45,54)(H,46,47,52). The van der Waals surface area contributed by atoms with Crippen LogP contribution in [0.2, 0.25) is 0 Å². The summed E-state index contributed by atoms with van der Waals surface area (Å²) >= 11 is 0. The average Bonchev–Trinajstić information content (AvgIpc) is 4.02. The van der Waals surface area contributed by atoms with Gasteiger partial charge >= 0.3 is 12.2 Å². The number of rotatable bonds is 11. The summed E-state index contributed by atoms with van der Waals surface area (Å²) in [4.78, 5) is 80.5. The summed E-state index contributed by atoms with van der Waals surface area (Å²) in [5.74, 6) is 0.132. The highest BCUT2D eigenvalue weighted by Crippen LogP contribution is 2.35. The largest absolute Gasteiger partial charge is 0.453 e. The molecule has 5 amide bonds. The van der Waals surface area contributed by atoms with Gasteiger partial charge in [-0.15, -0.1) is 0 Å². The molecule has 56 heavy (non-hydrogen) atoms. The Bertz CT molecular complexity index is 1980. The molecule has 2 aromatic carbocycles. The van der Waals surface area contributed by atoms with E-state index in [0.717, 1.165) is 47.2 Å². The van der Waals surface area contributed by atoms with Crippen LogP contribution in [-0.2, 0) is 29.4 Å². The number of alkyl carbamates (subject to hydrolysis) is 2. The van der Waals surface area contributed by atoms with Crippen LogP contribution in [0.5, 0.6) is 0 Å². The molecule has 0 spiro atoms. The van der Waals surface area contributed by atoms with E-state index in [0.29, 0.717) is 31.2 Å². The molecular formula is C41H52N8O7. The number of ether oxygens (including phenoxy) is 2. The molecule has 4 N–H and O–H groups in total. The summed E-state index contributed by atoms with van der Waals surface area (Å²) in [6.07, 6.45) is 3.45. The number of hydrogen-bond donors (Lipinski definition) is 4. The van der Waals surface area contributed by atoms with Gasteiger partial charge in [-0.3, -0.25) is 14.4 Å². The van der Waals surface area contributed by atoms with Gasteiger partial charge in [0.1, 0.15) is 29.3 Å². The number of carbonyl (C=O) groups excluding carboxylic acids is 5. The normalized spacial score (nSPS) is 21.8. The maximum absolute atomic E-state index is 13.6. The quantitative estimate of drug-likeness (QED) is 0.210. The number of aromatic nitrogens is 2. The molecule has 1 aromatic heterocycles. The lowest BCUT2D eigenvalue weighted by atomic mass is 9.90. The summed E-state index contributed by atoms with van der Waals surface area (Å²) in [6, 6.07) is 13.7. The van der Waals surface area contributed by atoms with Crippen LogP contribution < -0.4 is 16.0 Å². The minimum absolute atomic E-state index is 0.119. The molecule has 2 fully saturated rings. The van der Waals surface area contributed by atoms with Crippen LogP contribution in [-0.4, -0.2) is 101 Å². The highest BCUT2D eigenvalue weighted by Gasteiger charge is 2.46. The summed E-state index contributed by atoms with van der Waals surface area (Å²) in [6.45, 7) is 10.4. The molecular weight excluding hydrogens is 716 g/mol. The number of nitrogens with zero attached hydrogens (tertiary/aromatic N) is 4. The Kier molecular flexibility index (Phi) is 11.8. The van der Waals surface area contributed by atoms with E-state index in [-0.39, 0.29) is 35.6 Å². The Labute approximate surface area is 327 Å². The maximum atomic E-state index is 13.6. The first-order valence-corrected chi connectivity index (χ1v) is 19.2. The van der Waals surface area contributed by atoms with E-state index in [1.165, 1.54) is 14.2 Å². The van der Waals surface area contributed by atoms with Crippen LogP contribution in [0.15, 0.2) is 59.7 Å². The lowest BCUT2D eigenvalue weighted by Crippen LogP contribution is -2.56. The molecule has 3 aliphatic rings. The van der Waals surface area contributed by atoms with Crippen molar-refractivity contribution in [2.45, 2.75) is 90.0 Å². The van der Waals surface area contributed by atoms with Crippen molar-refractivity contribution in [3.63, 3.8) is 0 Å². The summed E-state index contributed by atoms with van der Waals surface area (Å²) < 4.78 is 9.49. The van der Waals surface area contributed by atoms with Gasteiger partial charge in [0.25, 0.3) is 5.91 Å². The van der Waals surface area contributed by atoms with E-state index in [9.17, 15) is 24.0 Å². The van der Waals surface area contributed by atoms with Gasteiger partial charge in [-0.1, -0.05) is 76.2 Å². The number of aromatic amines is 1. The van der Waals surface area contributed by atoms with Crippen molar-refractivity contribution in [1.29, 1.82) is 0 Å². The lowest BCUT2D eigenvalue weighted by Gasteiger charge is -2.32. The van der Waals surface area contributed by atoms with Crippen molar-refractivity contribution >= 4 is 35.7 Å².